The van der Waals surface area contributed by atoms with Crippen molar-refractivity contribution in [1.82, 2.24) is 5.32 Å². The van der Waals surface area contributed by atoms with Crippen LogP contribution in [0.2, 0.25) is 0 Å². The summed E-state index contributed by atoms with van der Waals surface area (Å²) in [6.45, 7) is 0.950. The van der Waals surface area contributed by atoms with E-state index in [1.54, 1.807) is 12.1 Å². The number of halogens is 3. The Morgan fingerprint density at radius 3 is 2.30 bits per heavy atom. The van der Waals surface area contributed by atoms with Gasteiger partial charge in [-0.2, -0.15) is 13.2 Å². The van der Waals surface area contributed by atoms with Crippen LogP contribution in [0.15, 0.2) is 24.3 Å². The van der Waals surface area contributed by atoms with Gasteiger partial charge in [0.2, 0.25) is 0 Å². The normalized spacial score (nSPS) is 27.0. The van der Waals surface area contributed by atoms with Crippen molar-refractivity contribution in [2.24, 2.45) is 11.8 Å². The van der Waals surface area contributed by atoms with Crippen molar-refractivity contribution < 1.29 is 23.1 Å². The van der Waals surface area contributed by atoms with Gasteiger partial charge >= 0.3 is 12.1 Å². The number of alkyl halides is 3. The first-order valence-electron chi connectivity index (χ1n) is 9.95. The molecular weight excluding hydrogens is 355 g/mol. The fraction of sp³-hybridized carbons (Fsp3) is 0.667. The number of carboxylic acids is 1. The molecule has 6 heteroatoms. The standard InChI is InChI=1S/C21H28F3NO2/c22-21(23,24)17-8-6-16(7-9-17)18-11-15(12-20(26)27)5-10-19(18)25-13-14-3-1-2-4-14/h6-9,14-15,18-19,25H,1-5,10-13H2,(H,26,27)/t15-,18+,19-/m1/s1. The van der Waals surface area contributed by atoms with E-state index < -0.39 is 17.7 Å². The number of benzene rings is 1. The van der Waals surface area contributed by atoms with Gasteiger partial charge in [0.15, 0.2) is 0 Å². The molecule has 0 saturated heterocycles. The Labute approximate surface area is 158 Å². The van der Waals surface area contributed by atoms with E-state index in [1.165, 1.54) is 25.7 Å². The summed E-state index contributed by atoms with van der Waals surface area (Å²) in [5.41, 5.74) is 0.238. The molecule has 0 amide bonds. The molecule has 3 rings (SSSR count). The molecular formula is C21H28F3NO2. The number of aliphatic carboxylic acids is 1. The lowest BCUT2D eigenvalue weighted by atomic mass is 9.73. The first-order valence-corrected chi connectivity index (χ1v) is 9.95. The maximum Gasteiger partial charge on any atom is 0.416 e. The number of carbonyl (C=O) groups is 1. The molecule has 0 radical (unpaired) electrons. The number of hydrogen-bond donors (Lipinski definition) is 2. The second kappa shape index (κ2) is 8.63. The first-order chi connectivity index (χ1) is 12.8. The van der Waals surface area contributed by atoms with E-state index in [9.17, 15) is 18.0 Å². The molecule has 3 nitrogen and oxygen atoms in total. The van der Waals surface area contributed by atoms with E-state index in [1.807, 2.05) is 0 Å². The van der Waals surface area contributed by atoms with Crippen LogP contribution in [-0.2, 0) is 11.0 Å². The third-order valence-corrected chi connectivity index (χ3v) is 6.23. The van der Waals surface area contributed by atoms with Crippen LogP contribution < -0.4 is 5.32 Å². The molecule has 2 fully saturated rings. The maximum absolute atomic E-state index is 12.9. The van der Waals surface area contributed by atoms with Crippen molar-refractivity contribution in [3.05, 3.63) is 35.4 Å². The Bertz CT molecular complexity index is 623. The third-order valence-electron chi connectivity index (χ3n) is 6.23. The Morgan fingerprint density at radius 1 is 1.04 bits per heavy atom. The highest BCUT2D eigenvalue weighted by Crippen LogP contribution is 2.39. The summed E-state index contributed by atoms with van der Waals surface area (Å²) < 4.78 is 38.6. The van der Waals surface area contributed by atoms with Gasteiger partial charge in [-0.3, -0.25) is 4.79 Å². The van der Waals surface area contributed by atoms with Crippen LogP contribution in [-0.4, -0.2) is 23.7 Å². The molecule has 2 N–H and O–H groups in total. The molecule has 1 aromatic rings. The number of carboxylic acid groups (broad SMARTS) is 1. The van der Waals surface area contributed by atoms with Crippen molar-refractivity contribution in [1.29, 1.82) is 0 Å². The highest BCUT2D eigenvalue weighted by molar-refractivity contribution is 5.67. The largest absolute Gasteiger partial charge is 0.481 e. The SMILES string of the molecule is O=C(O)C[C@@H]1CC[C@@H](NCC2CCCC2)[C@H](c2ccc(C(F)(F)F)cc2)C1. The van der Waals surface area contributed by atoms with Crippen LogP contribution in [0.25, 0.3) is 0 Å². The van der Waals surface area contributed by atoms with E-state index in [2.05, 4.69) is 5.32 Å². The van der Waals surface area contributed by atoms with Crippen LogP contribution in [0.5, 0.6) is 0 Å². The zero-order valence-corrected chi connectivity index (χ0v) is 15.5. The highest BCUT2D eigenvalue weighted by atomic mass is 19.4. The van der Waals surface area contributed by atoms with E-state index in [0.717, 1.165) is 37.1 Å². The molecule has 2 aliphatic carbocycles. The summed E-state index contributed by atoms with van der Waals surface area (Å²) in [7, 11) is 0. The Morgan fingerprint density at radius 2 is 1.70 bits per heavy atom. The smallest absolute Gasteiger partial charge is 0.416 e. The average Bonchev–Trinajstić information content (AvgIpc) is 3.13. The van der Waals surface area contributed by atoms with Crippen LogP contribution in [0, 0.1) is 11.8 Å². The topological polar surface area (TPSA) is 49.3 Å². The number of hydrogen-bond acceptors (Lipinski definition) is 2. The van der Waals surface area contributed by atoms with Gasteiger partial charge < -0.3 is 10.4 Å². The van der Waals surface area contributed by atoms with Gasteiger partial charge in [0.05, 0.1) is 5.56 Å². The van der Waals surface area contributed by atoms with E-state index in [-0.39, 0.29) is 24.3 Å². The van der Waals surface area contributed by atoms with Crippen LogP contribution in [0.4, 0.5) is 13.2 Å². The van der Waals surface area contributed by atoms with E-state index >= 15 is 0 Å². The monoisotopic (exact) mass is 383 g/mol. The molecule has 0 heterocycles. The van der Waals surface area contributed by atoms with E-state index in [4.69, 9.17) is 5.11 Å². The maximum atomic E-state index is 12.9. The lowest BCUT2D eigenvalue weighted by Crippen LogP contribution is -2.41. The minimum absolute atomic E-state index is 0.0618. The quantitative estimate of drug-likeness (QED) is 0.709. The van der Waals surface area contributed by atoms with Gasteiger partial charge in [0, 0.05) is 12.5 Å². The lowest BCUT2D eigenvalue weighted by molar-refractivity contribution is -0.139. The number of nitrogens with one attached hydrogen (secondary N) is 1. The minimum atomic E-state index is -4.34. The van der Waals surface area contributed by atoms with Crippen molar-refractivity contribution in [3.63, 3.8) is 0 Å². The fourth-order valence-corrected chi connectivity index (χ4v) is 4.75. The summed E-state index contributed by atoms with van der Waals surface area (Å²) in [4.78, 5) is 11.1. The Balaban J connectivity index is 1.72. The van der Waals surface area contributed by atoms with Crippen molar-refractivity contribution in [3.8, 4) is 0 Å². The van der Waals surface area contributed by atoms with Crippen LogP contribution in [0.3, 0.4) is 0 Å². The molecule has 1 aromatic carbocycles. The lowest BCUT2D eigenvalue weighted by Gasteiger charge is -2.37. The minimum Gasteiger partial charge on any atom is -0.481 e. The van der Waals surface area contributed by atoms with Gasteiger partial charge in [0.1, 0.15) is 0 Å². The fourth-order valence-electron chi connectivity index (χ4n) is 4.75. The Hall–Kier alpha value is -1.56. The number of rotatable bonds is 6. The average molecular weight is 383 g/mol. The summed E-state index contributed by atoms with van der Waals surface area (Å²) >= 11 is 0. The molecule has 150 valence electrons. The van der Waals surface area contributed by atoms with Crippen LogP contribution in [0.1, 0.15) is 68.4 Å². The molecule has 0 unspecified atom stereocenters. The van der Waals surface area contributed by atoms with Gasteiger partial charge in [-0.1, -0.05) is 25.0 Å². The van der Waals surface area contributed by atoms with Gasteiger partial charge in [-0.15, -0.1) is 0 Å². The summed E-state index contributed by atoms with van der Waals surface area (Å²) in [5, 5.41) is 12.8. The second-order valence-corrected chi connectivity index (χ2v) is 8.17. The molecule has 0 aromatic heterocycles. The van der Waals surface area contributed by atoms with Crippen molar-refractivity contribution in [2.45, 2.75) is 69.5 Å². The summed E-state index contributed by atoms with van der Waals surface area (Å²) in [6, 6.07) is 5.63. The third kappa shape index (κ3) is 5.47. The molecule has 0 aliphatic heterocycles. The zero-order chi connectivity index (χ0) is 19.4. The second-order valence-electron chi connectivity index (χ2n) is 8.17. The predicted molar refractivity (Wildman–Crippen MR) is 97.5 cm³/mol. The molecule has 0 bridgehead atoms. The zero-order valence-electron chi connectivity index (χ0n) is 15.5. The van der Waals surface area contributed by atoms with Crippen molar-refractivity contribution in [2.75, 3.05) is 6.54 Å². The van der Waals surface area contributed by atoms with Crippen LogP contribution >= 0.6 is 0 Å². The van der Waals surface area contributed by atoms with Crippen molar-refractivity contribution >= 4 is 5.97 Å². The highest BCUT2D eigenvalue weighted by Gasteiger charge is 2.34. The summed E-state index contributed by atoms with van der Waals surface area (Å²) in [6.07, 6.45) is 3.27. The molecule has 2 saturated carbocycles. The van der Waals surface area contributed by atoms with Gasteiger partial charge in [0.25, 0.3) is 0 Å². The predicted octanol–water partition coefficient (Wildman–Crippen LogP) is 5.21. The first kappa shape index (κ1) is 20.2. The van der Waals surface area contributed by atoms with E-state index in [0.29, 0.717) is 12.3 Å². The molecule has 3 atom stereocenters. The molecule has 2 aliphatic rings. The molecule has 27 heavy (non-hydrogen) atoms. The summed E-state index contributed by atoms with van der Waals surface area (Å²) in [5.74, 6) is 0.0321. The Kier molecular flexibility index (Phi) is 6.45. The van der Waals surface area contributed by atoms with Gasteiger partial charge in [-0.05, 0) is 74.1 Å². The van der Waals surface area contributed by atoms with Gasteiger partial charge in [-0.25, -0.2) is 0 Å². The molecule has 0 spiro atoms.